The fraction of sp³-hybridized carbons (Fsp3) is 0.250. The summed E-state index contributed by atoms with van der Waals surface area (Å²) in [6.45, 7) is 2.38. The molecule has 1 aromatic rings. The first kappa shape index (κ1) is 12.1. The fourth-order valence-electron chi connectivity index (χ4n) is 1.02. The van der Waals surface area contributed by atoms with E-state index in [1.54, 1.807) is 31.4 Å². The van der Waals surface area contributed by atoms with E-state index in [1.807, 2.05) is 6.92 Å². The zero-order valence-corrected chi connectivity index (χ0v) is 9.30. The van der Waals surface area contributed by atoms with Gasteiger partial charge in [0.25, 0.3) is 0 Å². The molecule has 1 rings (SSSR count). The van der Waals surface area contributed by atoms with Crippen molar-refractivity contribution in [3.63, 3.8) is 0 Å². The predicted molar refractivity (Wildman–Crippen MR) is 59.2 cm³/mol. The second-order valence-corrected chi connectivity index (χ2v) is 2.86. The van der Waals surface area contributed by atoms with Crippen LogP contribution in [0.1, 0.15) is 17.3 Å². The third-order valence-corrected chi connectivity index (χ3v) is 1.82. The number of rotatable bonds is 5. The lowest BCUT2D eigenvalue weighted by Gasteiger charge is -2.01. The summed E-state index contributed by atoms with van der Waals surface area (Å²) in [4.78, 5) is 11.4. The Morgan fingerprint density at radius 2 is 1.94 bits per heavy atom. The largest absolute Gasteiger partial charge is 0.498 e. The van der Waals surface area contributed by atoms with Crippen LogP contribution in [0.5, 0.6) is 5.75 Å². The molecule has 0 aromatic heterocycles. The van der Waals surface area contributed by atoms with E-state index in [0.717, 1.165) is 0 Å². The van der Waals surface area contributed by atoms with Crippen LogP contribution in [0.2, 0.25) is 0 Å². The quantitative estimate of drug-likeness (QED) is 0.566. The van der Waals surface area contributed by atoms with Gasteiger partial charge in [-0.25, -0.2) is 4.79 Å². The maximum Gasteiger partial charge on any atom is 0.343 e. The average molecular weight is 222 g/mol. The van der Waals surface area contributed by atoms with Crippen molar-refractivity contribution in [2.45, 2.75) is 6.92 Å². The molecule has 0 unspecified atom stereocenters. The number of hydrogen-bond acceptors (Lipinski definition) is 4. The summed E-state index contributed by atoms with van der Waals surface area (Å²) in [5.74, 6) is 0.264. The van der Waals surface area contributed by atoms with Crippen molar-refractivity contribution in [1.29, 1.82) is 0 Å². The van der Waals surface area contributed by atoms with Gasteiger partial charge in [-0.1, -0.05) is 0 Å². The summed E-state index contributed by atoms with van der Waals surface area (Å²) in [6.07, 6.45) is 2.55. The fourth-order valence-corrected chi connectivity index (χ4v) is 1.02. The molecule has 0 atom stereocenters. The van der Waals surface area contributed by atoms with Crippen LogP contribution >= 0.6 is 0 Å². The third-order valence-electron chi connectivity index (χ3n) is 1.82. The van der Waals surface area contributed by atoms with Crippen molar-refractivity contribution in [2.75, 3.05) is 13.7 Å². The highest BCUT2D eigenvalue weighted by molar-refractivity contribution is 5.89. The SMILES string of the molecule is CCOC=COC(=O)c1ccc(OC)cc1. The standard InChI is InChI=1S/C12H14O4/c1-3-15-8-9-16-12(13)10-4-6-11(14-2)7-5-10/h4-9H,3H2,1-2H3. The van der Waals surface area contributed by atoms with Gasteiger partial charge in [0.2, 0.25) is 0 Å². The minimum atomic E-state index is -0.432. The van der Waals surface area contributed by atoms with Crippen LogP contribution in [0.15, 0.2) is 36.8 Å². The summed E-state index contributed by atoms with van der Waals surface area (Å²) in [6, 6.07) is 6.66. The number of methoxy groups -OCH3 is 1. The van der Waals surface area contributed by atoms with E-state index in [1.165, 1.54) is 12.5 Å². The van der Waals surface area contributed by atoms with Crippen LogP contribution in [-0.2, 0) is 9.47 Å². The molecule has 4 heteroatoms. The zero-order chi connectivity index (χ0) is 11.8. The minimum Gasteiger partial charge on any atom is -0.498 e. The zero-order valence-electron chi connectivity index (χ0n) is 9.30. The number of esters is 1. The minimum absolute atomic E-state index is 0.432. The van der Waals surface area contributed by atoms with Crippen molar-refractivity contribution in [2.24, 2.45) is 0 Å². The number of carbonyl (C=O) groups is 1. The molecule has 0 radical (unpaired) electrons. The van der Waals surface area contributed by atoms with Crippen LogP contribution in [-0.4, -0.2) is 19.7 Å². The van der Waals surface area contributed by atoms with Crippen molar-refractivity contribution in [1.82, 2.24) is 0 Å². The van der Waals surface area contributed by atoms with Gasteiger partial charge >= 0.3 is 5.97 Å². The van der Waals surface area contributed by atoms with Crippen molar-refractivity contribution >= 4 is 5.97 Å². The predicted octanol–water partition coefficient (Wildman–Crippen LogP) is 2.36. The van der Waals surface area contributed by atoms with Gasteiger partial charge in [0, 0.05) is 0 Å². The van der Waals surface area contributed by atoms with Gasteiger partial charge in [-0.3, -0.25) is 0 Å². The first-order valence-electron chi connectivity index (χ1n) is 4.89. The number of hydrogen-bond donors (Lipinski definition) is 0. The van der Waals surface area contributed by atoms with E-state index in [0.29, 0.717) is 17.9 Å². The van der Waals surface area contributed by atoms with E-state index in [-0.39, 0.29) is 0 Å². The first-order chi connectivity index (χ1) is 7.77. The Hall–Kier alpha value is -1.97. The average Bonchev–Trinajstić information content (AvgIpc) is 2.34. The molecule has 4 nitrogen and oxygen atoms in total. The lowest BCUT2D eigenvalue weighted by molar-refractivity contribution is 0.0652. The molecular weight excluding hydrogens is 208 g/mol. The molecule has 16 heavy (non-hydrogen) atoms. The Bertz CT molecular complexity index is 354. The van der Waals surface area contributed by atoms with Crippen LogP contribution in [0.3, 0.4) is 0 Å². The molecule has 0 saturated carbocycles. The molecule has 0 aliphatic heterocycles. The molecule has 0 aliphatic carbocycles. The molecule has 0 amide bonds. The van der Waals surface area contributed by atoms with Gasteiger partial charge < -0.3 is 14.2 Å². The lowest BCUT2D eigenvalue weighted by atomic mass is 10.2. The van der Waals surface area contributed by atoms with Crippen molar-refractivity contribution < 1.29 is 19.0 Å². The summed E-state index contributed by atoms with van der Waals surface area (Å²) >= 11 is 0. The van der Waals surface area contributed by atoms with Gasteiger partial charge in [-0.2, -0.15) is 0 Å². The summed E-state index contributed by atoms with van der Waals surface area (Å²) in [7, 11) is 1.57. The van der Waals surface area contributed by atoms with Crippen LogP contribution in [0, 0.1) is 0 Å². The maximum atomic E-state index is 11.4. The molecule has 0 fully saturated rings. The molecule has 1 aromatic carbocycles. The summed E-state index contributed by atoms with van der Waals surface area (Å²) in [5, 5.41) is 0. The van der Waals surface area contributed by atoms with E-state index < -0.39 is 5.97 Å². The highest BCUT2D eigenvalue weighted by Gasteiger charge is 2.04. The van der Waals surface area contributed by atoms with E-state index >= 15 is 0 Å². The molecule has 0 N–H and O–H groups in total. The van der Waals surface area contributed by atoms with Crippen LogP contribution in [0.4, 0.5) is 0 Å². The van der Waals surface area contributed by atoms with Gasteiger partial charge in [0.1, 0.15) is 18.3 Å². The van der Waals surface area contributed by atoms with Crippen molar-refractivity contribution in [3.8, 4) is 5.75 Å². The van der Waals surface area contributed by atoms with E-state index in [2.05, 4.69) is 0 Å². The molecule has 0 aliphatic rings. The Morgan fingerprint density at radius 3 is 2.50 bits per heavy atom. The van der Waals surface area contributed by atoms with Crippen LogP contribution in [0.25, 0.3) is 0 Å². The molecule has 0 saturated heterocycles. The Morgan fingerprint density at radius 1 is 1.25 bits per heavy atom. The topological polar surface area (TPSA) is 44.8 Å². The number of ether oxygens (including phenoxy) is 3. The molecular formula is C12H14O4. The van der Waals surface area contributed by atoms with Gasteiger partial charge in [-0.05, 0) is 31.2 Å². The smallest absolute Gasteiger partial charge is 0.343 e. The van der Waals surface area contributed by atoms with Gasteiger partial charge in [0.05, 0.1) is 19.3 Å². The monoisotopic (exact) mass is 222 g/mol. The van der Waals surface area contributed by atoms with E-state index in [9.17, 15) is 4.79 Å². The van der Waals surface area contributed by atoms with Crippen molar-refractivity contribution in [3.05, 3.63) is 42.4 Å². The van der Waals surface area contributed by atoms with E-state index in [4.69, 9.17) is 14.2 Å². The lowest BCUT2D eigenvalue weighted by Crippen LogP contribution is -2.00. The Balaban J connectivity index is 2.52. The first-order valence-corrected chi connectivity index (χ1v) is 4.89. The molecule has 0 heterocycles. The Kier molecular flexibility index (Phi) is 4.92. The summed E-state index contributed by atoms with van der Waals surface area (Å²) < 4.78 is 14.7. The molecule has 0 spiro atoms. The van der Waals surface area contributed by atoms with Gasteiger partial charge in [-0.15, -0.1) is 0 Å². The Labute approximate surface area is 94.4 Å². The summed E-state index contributed by atoms with van der Waals surface area (Å²) in [5.41, 5.74) is 0.460. The van der Waals surface area contributed by atoms with Crippen LogP contribution < -0.4 is 4.74 Å². The number of benzene rings is 1. The molecule has 0 bridgehead atoms. The number of carbonyl (C=O) groups excluding carboxylic acids is 1. The second-order valence-electron chi connectivity index (χ2n) is 2.86. The third kappa shape index (κ3) is 3.65. The van der Waals surface area contributed by atoms with Gasteiger partial charge in [0.15, 0.2) is 0 Å². The molecule has 86 valence electrons. The second kappa shape index (κ2) is 6.50. The highest BCUT2D eigenvalue weighted by Crippen LogP contribution is 2.12. The normalized spacial score (nSPS) is 10.1. The highest BCUT2D eigenvalue weighted by atomic mass is 16.5. The maximum absolute atomic E-state index is 11.4.